The predicted molar refractivity (Wildman–Crippen MR) is 67.1 cm³/mol. The molecule has 0 unspecified atom stereocenters. The van der Waals surface area contributed by atoms with Gasteiger partial charge in [0.2, 0.25) is 0 Å². The average Bonchev–Trinajstić information content (AvgIpc) is 2.67. The number of aliphatic hydroxyl groups excluding tert-OH is 1. The van der Waals surface area contributed by atoms with Gasteiger partial charge >= 0.3 is 0 Å². The molecule has 2 rings (SSSR count). The molecule has 0 bridgehead atoms. The van der Waals surface area contributed by atoms with Crippen LogP contribution in [-0.4, -0.2) is 29.9 Å². The van der Waals surface area contributed by atoms with E-state index in [0.717, 1.165) is 0 Å². The van der Waals surface area contributed by atoms with E-state index in [9.17, 15) is 13.5 Å². The minimum Gasteiger partial charge on any atom is -0.441 e. The maximum absolute atomic E-state index is 12.3. The van der Waals surface area contributed by atoms with Crippen LogP contribution in [0.5, 0.6) is 0 Å². The molecule has 0 aliphatic heterocycles. The van der Waals surface area contributed by atoms with Gasteiger partial charge in [0.25, 0.3) is 0 Å². The summed E-state index contributed by atoms with van der Waals surface area (Å²) in [5.41, 5.74) is 1.05. The van der Waals surface area contributed by atoms with E-state index in [-0.39, 0.29) is 4.90 Å². The lowest BCUT2D eigenvalue weighted by molar-refractivity contribution is 0.258. The van der Waals surface area contributed by atoms with E-state index in [1.54, 1.807) is 13.0 Å². The molecular weight excluding hydrogens is 254 g/mol. The maximum atomic E-state index is 12.3. The number of aliphatic hydroxyl groups is 1. The molecule has 1 heterocycles. The van der Waals surface area contributed by atoms with Crippen molar-refractivity contribution in [1.82, 2.24) is 4.98 Å². The van der Waals surface area contributed by atoms with Gasteiger partial charge in [-0.05, 0) is 26.0 Å². The first-order chi connectivity index (χ1) is 8.28. The molecule has 0 spiro atoms. The summed E-state index contributed by atoms with van der Waals surface area (Å²) in [6, 6.07) is 4.53. The van der Waals surface area contributed by atoms with Crippen LogP contribution in [0.4, 0.5) is 0 Å². The summed E-state index contributed by atoms with van der Waals surface area (Å²) < 4.78 is 28.7. The largest absolute Gasteiger partial charge is 0.441 e. The maximum Gasteiger partial charge on any atom is 0.192 e. The van der Waals surface area contributed by atoms with Gasteiger partial charge in [0.1, 0.15) is 5.52 Å². The molecule has 0 aliphatic rings. The molecular formula is C12H15NO4S. The molecule has 1 aromatic carbocycles. The molecule has 0 amide bonds. The zero-order chi connectivity index (χ0) is 13.6. The molecule has 0 fully saturated rings. The highest BCUT2D eigenvalue weighted by atomic mass is 32.2. The third-order valence-electron chi connectivity index (χ3n) is 2.89. The summed E-state index contributed by atoms with van der Waals surface area (Å²) >= 11 is 0. The van der Waals surface area contributed by atoms with Crippen molar-refractivity contribution in [1.29, 1.82) is 0 Å². The molecule has 18 heavy (non-hydrogen) atoms. The first-order valence-corrected chi connectivity index (χ1v) is 6.99. The number of nitrogens with zero attached hydrogens (tertiary/aromatic N) is 1. The van der Waals surface area contributed by atoms with E-state index in [0.29, 0.717) is 17.0 Å². The number of hydrogen-bond donors (Lipinski definition) is 1. The van der Waals surface area contributed by atoms with Gasteiger partial charge in [-0.3, -0.25) is 0 Å². The van der Waals surface area contributed by atoms with Crippen molar-refractivity contribution < 1.29 is 17.9 Å². The van der Waals surface area contributed by atoms with E-state index >= 15 is 0 Å². The monoisotopic (exact) mass is 269 g/mol. The topological polar surface area (TPSA) is 80.4 Å². The van der Waals surface area contributed by atoms with Gasteiger partial charge in [-0.25, -0.2) is 13.4 Å². The van der Waals surface area contributed by atoms with Gasteiger partial charge < -0.3 is 9.52 Å². The van der Waals surface area contributed by atoms with Crippen molar-refractivity contribution in [3.63, 3.8) is 0 Å². The number of aryl methyl sites for hydroxylation is 1. The number of aromatic nitrogens is 1. The van der Waals surface area contributed by atoms with Gasteiger partial charge in [-0.15, -0.1) is 0 Å². The average molecular weight is 269 g/mol. The van der Waals surface area contributed by atoms with Gasteiger partial charge in [-0.1, -0.05) is 0 Å². The highest BCUT2D eigenvalue weighted by Crippen LogP contribution is 2.27. The second-order valence-corrected chi connectivity index (χ2v) is 7.37. The number of oxazole rings is 1. The van der Waals surface area contributed by atoms with E-state index in [1.807, 2.05) is 0 Å². The molecule has 0 radical (unpaired) electrons. The van der Waals surface area contributed by atoms with Crippen molar-refractivity contribution in [3.05, 3.63) is 24.1 Å². The molecule has 1 N–H and O–H groups in total. The summed E-state index contributed by atoms with van der Waals surface area (Å²) in [5, 5.41) is 9.19. The first-order valence-electron chi connectivity index (χ1n) is 5.50. The molecule has 5 nitrogen and oxygen atoms in total. The molecule has 6 heteroatoms. The molecule has 0 saturated carbocycles. The smallest absolute Gasteiger partial charge is 0.192 e. The molecule has 0 aliphatic carbocycles. The number of fused-ring (bicyclic) bond motifs is 1. The van der Waals surface area contributed by atoms with Gasteiger partial charge in [-0.2, -0.15) is 0 Å². The van der Waals surface area contributed by atoms with Gasteiger partial charge in [0.15, 0.2) is 21.3 Å². The third-order valence-corrected chi connectivity index (χ3v) is 5.34. The standard InChI is InChI=1S/C12H15NO4S/c1-8-13-10-5-4-9(6-11(10)17-8)18(15,16)12(2,3)7-14/h4-6,14H,7H2,1-3H3. The number of sulfone groups is 1. The SMILES string of the molecule is Cc1nc2ccc(S(=O)(=O)C(C)(C)CO)cc2o1. The number of benzene rings is 1. The second kappa shape index (κ2) is 4.07. The van der Waals surface area contributed by atoms with Crippen molar-refractivity contribution in [2.24, 2.45) is 0 Å². The summed E-state index contributed by atoms with van der Waals surface area (Å²) in [6.07, 6.45) is 0. The number of rotatable bonds is 3. The van der Waals surface area contributed by atoms with Gasteiger partial charge in [0, 0.05) is 13.0 Å². The van der Waals surface area contributed by atoms with Crippen LogP contribution in [0.15, 0.2) is 27.5 Å². The van der Waals surface area contributed by atoms with Crippen LogP contribution in [0, 0.1) is 6.92 Å². The lowest BCUT2D eigenvalue weighted by atomic mass is 10.2. The Morgan fingerprint density at radius 1 is 1.39 bits per heavy atom. The molecule has 0 saturated heterocycles. The quantitative estimate of drug-likeness (QED) is 0.917. The lowest BCUT2D eigenvalue weighted by Gasteiger charge is -2.21. The Labute approximate surface area is 105 Å². The van der Waals surface area contributed by atoms with Crippen LogP contribution in [0.2, 0.25) is 0 Å². The summed E-state index contributed by atoms with van der Waals surface area (Å²) in [7, 11) is -3.61. The molecule has 2 aromatic rings. The normalized spacial score (nSPS) is 13.1. The van der Waals surface area contributed by atoms with Crippen molar-refractivity contribution in [2.75, 3.05) is 6.61 Å². The van der Waals surface area contributed by atoms with Crippen LogP contribution < -0.4 is 0 Å². The predicted octanol–water partition coefficient (Wildman–Crippen LogP) is 1.68. The van der Waals surface area contributed by atoms with Crippen molar-refractivity contribution >= 4 is 20.9 Å². The van der Waals surface area contributed by atoms with Crippen LogP contribution in [0.3, 0.4) is 0 Å². The fourth-order valence-electron chi connectivity index (χ4n) is 1.59. The Balaban J connectivity index is 2.61. The van der Waals surface area contributed by atoms with Gasteiger partial charge in [0.05, 0.1) is 16.2 Å². The second-order valence-electron chi connectivity index (χ2n) is 4.78. The van der Waals surface area contributed by atoms with E-state index in [4.69, 9.17) is 4.42 Å². The van der Waals surface area contributed by atoms with Crippen LogP contribution in [0.25, 0.3) is 11.1 Å². The lowest BCUT2D eigenvalue weighted by Crippen LogP contribution is -2.35. The Hall–Kier alpha value is -1.40. The Morgan fingerprint density at radius 2 is 2.06 bits per heavy atom. The molecule has 0 atom stereocenters. The van der Waals surface area contributed by atoms with Crippen molar-refractivity contribution in [2.45, 2.75) is 30.4 Å². The summed E-state index contributed by atoms with van der Waals surface area (Å²) in [4.78, 5) is 4.24. The summed E-state index contributed by atoms with van der Waals surface area (Å²) in [6.45, 7) is 4.23. The minimum atomic E-state index is -3.61. The summed E-state index contributed by atoms with van der Waals surface area (Å²) in [5.74, 6) is 0.487. The third kappa shape index (κ3) is 1.91. The van der Waals surface area contributed by atoms with Crippen LogP contribution >= 0.6 is 0 Å². The zero-order valence-electron chi connectivity index (χ0n) is 10.5. The first kappa shape index (κ1) is 13.0. The fraction of sp³-hybridized carbons (Fsp3) is 0.417. The Morgan fingerprint density at radius 3 is 2.67 bits per heavy atom. The highest BCUT2D eigenvalue weighted by molar-refractivity contribution is 7.92. The zero-order valence-corrected chi connectivity index (χ0v) is 11.3. The Bertz CT molecular complexity index is 685. The molecule has 98 valence electrons. The van der Waals surface area contributed by atoms with Crippen LogP contribution in [-0.2, 0) is 9.84 Å². The highest BCUT2D eigenvalue weighted by Gasteiger charge is 2.35. The molecule has 1 aromatic heterocycles. The Kier molecular flexibility index (Phi) is 2.95. The number of hydrogen-bond acceptors (Lipinski definition) is 5. The fourth-order valence-corrected chi connectivity index (χ4v) is 2.91. The minimum absolute atomic E-state index is 0.130. The van der Waals surface area contributed by atoms with E-state index < -0.39 is 21.2 Å². The van der Waals surface area contributed by atoms with E-state index in [2.05, 4.69) is 4.98 Å². The van der Waals surface area contributed by atoms with Crippen molar-refractivity contribution in [3.8, 4) is 0 Å². The van der Waals surface area contributed by atoms with E-state index in [1.165, 1.54) is 26.0 Å². The van der Waals surface area contributed by atoms with Crippen LogP contribution in [0.1, 0.15) is 19.7 Å².